The molecular formula is C16H22N2O2Si. The Labute approximate surface area is 126 Å². The predicted molar refractivity (Wildman–Crippen MR) is 83.1 cm³/mol. The zero-order valence-electron chi connectivity index (χ0n) is 12.9. The van der Waals surface area contributed by atoms with Crippen LogP contribution in [-0.2, 0) is 9.53 Å². The Balaban J connectivity index is 1.86. The normalized spacial score (nSPS) is 36.1. The molecule has 1 aromatic rings. The summed E-state index contributed by atoms with van der Waals surface area (Å²) < 4.78 is 5.18. The van der Waals surface area contributed by atoms with Crippen LogP contribution in [0.5, 0.6) is 0 Å². The van der Waals surface area contributed by atoms with Gasteiger partial charge in [0.2, 0.25) is 0 Å². The molecule has 0 radical (unpaired) electrons. The molecular weight excluding hydrogens is 280 g/mol. The Hall–Kier alpha value is -1.20. The monoisotopic (exact) mass is 302 g/mol. The fraction of sp³-hybridized carbons (Fsp3) is 0.625. The van der Waals surface area contributed by atoms with E-state index in [1.54, 1.807) is 0 Å². The molecule has 112 valence electrons. The molecule has 0 saturated carbocycles. The number of carbonyl (C=O) groups excluding carboxylic acids is 1. The van der Waals surface area contributed by atoms with Crippen LogP contribution < -0.4 is 5.19 Å². The zero-order valence-corrected chi connectivity index (χ0v) is 13.9. The lowest BCUT2D eigenvalue weighted by Gasteiger charge is -2.32. The van der Waals surface area contributed by atoms with E-state index in [0.717, 1.165) is 25.8 Å². The third-order valence-corrected chi connectivity index (χ3v) is 10.4. The molecule has 3 aliphatic rings. The molecule has 0 N–H and O–H groups in total. The molecule has 0 spiro atoms. The van der Waals surface area contributed by atoms with Gasteiger partial charge in [-0.2, -0.15) is 0 Å². The van der Waals surface area contributed by atoms with Gasteiger partial charge >= 0.3 is 5.97 Å². The van der Waals surface area contributed by atoms with Gasteiger partial charge < -0.3 is 4.74 Å². The van der Waals surface area contributed by atoms with E-state index in [1.165, 1.54) is 17.9 Å². The minimum Gasteiger partial charge on any atom is -0.468 e. The average molecular weight is 302 g/mol. The maximum atomic E-state index is 12.5. The van der Waals surface area contributed by atoms with Crippen molar-refractivity contribution in [2.24, 2.45) is 0 Å². The van der Waals surface area contributed by atoms with Crippen molar-refractivity contribution in [3.63, 3.8) is 0 Å². The van der Waals surface area contributed by atoms with Crippen LogP contribution in [0.1, 0.15) is 30.9 Å². The highest BCUT2D eigenvalue weighted by Gasteiger charge is 2.65. The molecule has 3 atom stereocenters. The number of fused-ring (bicyclic) bond motifs is 5. The molecule has 2 saturated heterocycles. The number of methoxy groups -OCH3 is 1. The highest BCUT2D eigenvalue weighted by atomic mass is 28.3. The average Bonchev–Trinajstić information content (AvgIpc) is 3.08. The summed E-state index contributed by atoms with van der Waals surface area (Å²) in [5, 5.41) is 1.54. The fourth-order valence-corrected chi connectivity index (χ4v) is 9.03. The lowest BCUT2D eigenvalue weighted by molar-refractivity contribution is -0.152. The van der Waals surface area contributed by atoms with E-state index in [2.05, 4.69) is 29.0 Å². The van der Waals surface area contributed by atoms with Gasteiger partial charge in [0.25, 0.3) is 0 Å². The third kappa shape index (κ3) is 1.48. The van der Waals surface area contributed by atoms with E-state index in [4.69, 9.17) is 4.74 Å². The number of hydrogen-bond acceptors (Lipinski definition) is 4. The van der Waals surface area contributed by atoms with Crippen LogP contribution in [0.25, 0.3) is 0 Å². The van der Waals surface area contributed by atoms with Gasteiger partial charge in [0.05, 0.1) is 15.2 Å². The Morgan fingerprint density at radius 3 is 3.10 bits per heavy atom. The second kappa shape index (κ2) is 4.17. The minimum absolute atomic E-state index is 0.0235. The highest BCUT2D eigenvalue weighted by molar-refractivity contribution is 6.92. The van der Waals surface area contributed by atoms with Crippen LogP contribution in [0.15, 0.2) is 18.5 Å². The Bertz CT molecular complexity index is 618. The van der Waals surface area contributed by atoms with Gasteiger partial charge in [-0.25, -0.2) is 0 Å². The summed E-state index contributed by atoms with van der Waals surface area (Å²) in [6.45, 7) is 5.91. The van der Waals surface area contributed by atoms with Gasteiger partial charge in [-0.3, -0.25) is 14.7 Å². The maximum Gasteiger partial charge on any atom is 0.326 e. The minimum atomic E-state index is -1.55. The Morgan fingerprint density at radius 2 is 2.33 bits per heavy atom. The second-order valence-electron chi connectivity index (χ2n) is 7.26. The van der Waals surface area contributed by atoms with Crippen LogP contribution in [-0.4, -0.2) is 43.1 Å². The zero-order chi connectivity index (χ0) is 14.8. The topological polar surface area (TPSA) is 42.4 Å². The van der Waals surface area contributed by atoms with Crippen LogP contribution in [0, 0.1) is 0 Å². The molecule has 0 aliphatic carbocycles. The van der Waals surface area contributed by atoms with Crippen LogP contribution in [0.4, 0.5) is 0 Å². The number of carbonyl (C=O) groups is 1. The van der Waals surface area contributed by atoms with Crippen molar-refractivity contribution in [3.05, 3.63) is 24.0 Å². The summed E-state index contributed by atoms with van der Waals surface area (Å²) in [6, 6.07) is 2.60. The predicted octanol–water partition coefficient (Wildman–Crippen LogP) is 1.83. The van der Waals surface area contributed by atoms with Crippen LogP contribution >= 0.6 is 0 Å². The fourth-order valence-electron chi connectivity index (χ4n) is 5.17. The first kappa shape index (κ1) is 13.5. The van der Waals surface area contributed by atoms with Crippen LogP contribution in [0.2, 0.25) is 18.6 Å². The van der Waals surface area contributed by atoms with Gasteiger partial charge in [-0.05, 0) is 43.0 Å². The standard InChI is InChI=1S/C16H22N2O2Si/c1-20-15(19)16-6-4-8-18(16)14-11-10-17-7-5-12(11)21(2,3)13(14)9-16/h5,7,10,13-14H,4,6,8-9H2,1-3H3. The molecule has 1 aromatic heterocycles. The molecule has 5 heteroatoms. The van der Waals surface area contributed by atoms with Gasteiger partial charge in [0.1, 0.15) is 5.54 Å². The first-order chi connectivity index (χ1) is 10.0. The van der Waals surface area contributed by atoms with E-state index in [-0.39, 0.29) is 11.5 Å². The third-order valence-electron chi connectivity index (χ3n) is 6.17. The number of pyridine rings is 1. The summed E-state index contributed by atoms with van der Waals surface area (Å²) >= 11 is 0. The molecule has 2 fully saturated rings. The maximum absolute atomic E-state index is 12.5. The van der Waals surface area contributed by atoms with Crippen molar-refractivity contribution in [3.8, 4) is 0 Å². The number of hydrogen-bond donors (Lipinski definition) is 0. The van der Waals surface area contributed by atoms with Crippen molar-refractivity contribution in [2.45, 2.75) is 49.5 Å². The van der Waals surface area contributed by atoms with Gasteiger partial charge in [0, 0.05) is 18.4 Å². The number of aromatic nitrogens is 1. The molecule has 4 rings (SSSR count). The van der Waals surface area contributed by atoms with E-state index in [9.17, 15) is 4.79 Å². The highest BCUT2D eigenvalue weighted by Crippen LogP contribution is 2.60. The Kier molecular flexibility index (Phi) is 2.67. The molecule has 0 amide bonds. The summed E-state index contributed by atoms with van der Waals surface area (Å²) in [4.78, 5) is 19.3. The Morgan fingerprint density at radius 1 is 1.52 bits per heavy atom. The lowest BCUT2D eigenvalue weighted by atomic mass is 9.94. The number of ether oxygens (including phenoxy) is 1. The summed E-state index contributed by atoms with van der Waals surface area (Å²) in [5.74, 6) is -0.0235. The van der Waals surface area contributed by atoms with Gasteiger partial charge in [-0.1, -0.05) is 18.3 Å². The lowest BCUT2D eigenvalue weighted by Crippen LogP contribution is -2.49. The van der Waals surface area contributed by atoms with Gasteiger partial charge in [0.15, 0.2) is 0 Å². The molecule has 0 aromatic carbocycles. The van der Waals surface area contributed by atoms with E-state index >= 15 is 0 Å². The first-order valence-corrected chi connectivity index (χ1v) is 10.9. The molecule has 3 aliphatic heterocycles. The molecule has 3 unspecified atom stereocenters. The largest absolute Gasteiger partial charge is 0.468 e. The van der Waals surface area contributed by atoms with Crippen molar-refractivity contribution in [2.75, 3.05) is 13.7 Å². The molecule has 0 bridgehead atoms. The molecule has 4 heterocycles. The van der Waals surface area contributed by atoms with E-state index < -0.39 is 8.07 Å². The number of nitrogens with zero attached hydrogens (tertiary/aromatic N) is 2. The van der Waals surface area contributed by atoms with E-state index in [0.29, 0.717) is 11.6 Å². The van der Waals surface area contributed by atoms with Crippen molar-refractivity contribution in [1.29, 1.82) is 0 Å². The summed E-state index contributed by atoms with van der Waals surface area (Å²) in [5.41, 5.74) is 1.63. The van der Waals surface area contributed by atoms with Gasteiger partial charge in [-0.15, -0.1) is 0 Å². The molecule has 4 nitrogen and oxygen atoms in total. The quantitative estimate of drug-likeness (QED) is 0.586. The van der Waals surface area contributed by atoms with E-state index in [1.807, 2.05) is 12.4 Å². The van der Waals surface area contributed by atoms with Crippen molar-refractivity contribution < 1.29 is 9.53 Å². The number of rotatable bonds is 1. The van der Waals surface area contributed by atoms with Crippen molar-refractivity contribution >= 4 is 19.2 Å². The van der Waals surface area contributed by atoms with Crippen LogP contribution in [0.3, 0.4) is 0 Å². The SMILES string of the molecule is COC(=O)C12CCCN1C1c3cnccc3[Si](C)(C)C1C2. The summed E-state index contributed by atoms with van der Waals surface area (Å²) in [6.07, 6.45) is 6.98. The summed E-state index contributed by atoms with van der Waals surface area (Å²) in [7, 11) is -0.0243. The first-order valence-electron chi connectivity index (χ1n) is 7.82. The second-order valence-corrected chi connectivity index (χ2v) is 12.0. The number of esters is 1. The van der Waals surface area contributed by atoms with Crippen molar-refractivity contribution in [1.82, 2.24) is 9.88 Å². The molecule has 21 heavy (non-hydrogen) atoms. The smallest absolute Gasteiger partial charge is 0.326 e.